The highest BCUT2D eigenvalue weighted by Gasteiger charge is 2.08. The summed E-state index contributed by atoms with van der Waals surface area (Å²) in [5, 5.41) is 3.17. The Balaban J connectivity index is 2.17. The van der Waals surface area contributed by atoms with E-state index in [4.69, 9.17) is 4.74 Å². The van der Waals surface area contributed by atoms with E-state index < -0.39 is 0 Å². The molecule has 0 radical (unpaired) electrons. The van der Waals surface area contributed by atoms with Crippen LogP contribution in [0, 0.1) is 0 Å². The van der Waals surface area contributed by atoms with Crippen molar-refractivity contribution in [3.8, 4) is 6.01 Å². The van der Waals surface area contributed by atoms with E-state index in [1.54, 1.807) is 6.20 Å². The number of pyridine rings is 1. The van der Waals surface area contributed by atoms with Gasteiger partial charge in [-0.05, 0) is 25.0 Å². The van der Waals surface area contributed by atoms with Gasteiger partial charge in [0.1, 0.15) is 5.82 Å². The molecule has 0 saturated heterocycles. The molecular formula is C15H21N5O. The Morgan fingerprint density at radius 2 is 2.00 bits per heavy atom. The molecular weight excluding hydrogens is 266 g/mol. The smallest absolute Gasteiger partial charge is 0.321 e. The monoisotopic (exact) mass is 287 g/mol. The molecule has 2 aromatic heterocycles. The van der Waals surface area contributed by atoms with Gasteiger partial charge in [-0.15, -0.1) is 0 Å². The summed E-state index contributed by atoms with van der Waals surface area (Å²) >= 11 is 0. The van der Waals surface area contributed by atoms with Gasteiger partial charge >= 0.3 is 6.01 Å². The van der Waals surface area contributed by atoms with E-state index in [1.807, 2.05) is 25.1 Å². The van der Waals surface area contributed by atoms with Crippen LogP contribution in [0.4, 0.5) is 5.95 Å². The number of nitrogens with one attached hydrogen (secondary N) is 1. The van der Waals surface area contributed by atoms with Crippen molar-refractivity contribution >= 4 is 5.95 Å². The van der Waals surface area contributed by atoms with Crippen LogP contribution in [0.5, 0.6) is 6.01 Å². The average Bonchev–Trinajstić information content (AvgIpc) is 2.52. The molecule has 21 heavy (non-hydrogen) atoms. The lowest BCUT2D eigenvalue weighted by atomic mass is 10.2. The maximum atomic E-state index is 5.53. The quantitative estimate of drug-likeness (QED) is 0.804. The predicted octanol–water partition coefficient (Wildman–Crippen LogP) is 2.47. The molecule has 0 amide bonds. The Labute approximate surface area is 125 Å². The van der Waals surface area contributed by atoms with Gasteiger partial charge in [-0.1, -0.05) is 19.9 Å². The fourth-order valence-electron chi connectivity index (χ4n) is 1.72. The predicted molar refractivity (Wildman–Crippen MR) is 81.4 cm³/mol. The van der Waals surface area contributed by atoms with E-state index in [9.17, 15) is 0 Å². The van der Waals surface area contributed by atoms with Crippen molar-refractivity contribution in [1.29, 1.82) is 0 Å². The summed E-state index contributed by atoms with van der Waals surface area (Å²) in [6.07, 6.45) is 4.25. The minimum Gasteiger partial charge on any atom is -0.463 e. The van der Waals surface area contributed by atoms with Crippen molar-refractivity contribution in [2.45, 2.75) is 33.1 Å². The van der Waals surface area contributed by atoms with Gasteiger partial charge in [-0.25, -0.2) is 0 Å². The minimum absolute atomic E-state index is 0.372. The Morgan fingerprint density at radius 3 is 2.71 bits per heavy atom. The number of nitrogens with zero attached hydrogens (tertiary/aromatic N) is 4. The summed E-state index contributed by atoms with van der Waals surface area (Å²) in [6, 6.07) is 6.17. The summed E-state index contributed by atoms with van der Waals surface area (Å²) in [6.45, 7) is 5.56. The third-order valence-corrected chi connectivity index (χ3v) is 2.69. The number of rotatable bonds is 8. The fraction of sp³-hybridized carbons (Fsp3) is 0.467. The van der Waals surface area contributed by atoms with Gasteiger partial charge in [0.15, 0.2) is 0 Å². The first kappa shape index (κ1) is 15.2. The molecule has 0 saturated carbocycles. The Kier molecular flexibility index (Phi) is 5.87. The highest BCUT2D eigenvalue weighted by molar-refractivity contribution is 5.27. The Bertz CT molecular complexity index is 521. The first-order chi connectivity index (χ1) is 10.3. The second-order valence-electron chi connectivity index (χ2n) is 4.63. The van der Waals surface area contributed by atoms with Gasteiger partial charge in [-0.3, -0.25) is 4.98 Å². The summed E-state index contributed by atoms with van der Waals surface area (Å²) in [5.41, 5.74) is 0.923. The van der Waals surface area contributed by atoms with Gasteiger partial charge in [0.05, 0.1) is 13.0 Å². The highest BCUT2D eigenvalue weighted by Crippen LogP contribution is 2.11. The molecule has 0 aromatic carbocycles. The molecule has 1 N–H and O–H groups in total. The van der Waals surface area contributed by atoms with Crippen molar-refractivity contribution < 1.29 is 4.74 Å². The van der Waals surface area contributed by atoms with Crippen LogP contribution in [0.3, 0.4) is 0 Å². The first-order valence-electron chi connectivity index (χ1n) is 7.33. The van der Waals surface area contributed by atoms with Gasteiger partial charge in [-0.2, -0.15) is 15.0 Å². The van der Waals surface area contributed by atoms with Gasteiger partial charge in [0.2, 0.25) is 5.95 Å². The average molecular weight is 287 g/mol. The summed E-state index contributed by atoms with van der Waals surface area (Å²) in [4.78, 5) is 17.3. The second kappa shape index (κ2) is 8.14. The lowest BCUT2D eigenvalue weighted by molar-refractivity contribution is 0.290. The van der Waals surface area contributed by atoms with Crippen molar-refractivity contribution in [3.63, 3.8) is 0 Å². The molecule has 0 aliphatic rings. The first-order valence-corrected chi connectivity index (χ1v) is 7.33. The lowest BCUT2D eigenvalue weighted by Gasteiger charge is -2.08. The molecule has 2 heterocycles. The van der Waals surface area contributed by atoms with Crippen LogP contribution < -0.4 is 10.1 Å². The van der Waals surface area contributed by atoms with E-state index in [0.29, 0.717) is 30.8 Å². The zero-order valence-corrected chi connectivity index (χ0v) is 12.5. The summed E-state index contributed by atoms with van der Waals surface area (Å²) in [5.74, 6) is 1.22. The number of anilines is 1. The molecule has 2 rings (SSSR count). The Morgan fingerprint density at radius 1 is 1.10 bits per heavy atom. The molecule has 0 aliphatic carbocycles. The molecule has 0 spiro atoms. The van der Waals surface area contributed by atoms with E-state index in [2.05, 4.69) is 32.2 Å². The molecule has 6 nitrogen and oxygen atoms in total. The van der Waals surface area contributed by atoms with E-state index >= 15 is 0 Å². The normalized spacial score (nSPS) is 10.4. The Hall–Kier alpha value is -2.24. The third kappa shape index (κ3) is 4.98. The van der Waals surface area contributed by atoms with Crippen LogP contribution in [-0.4, -0.2) is 33.1 Å². The molecule has 6 heteroatoms. The topological polar surface area (TPSA) is 72.8 Å². The van der Waals surface area contributed by atoms with Gasteiger partial charge in [0.25, 0.3) is 0 Å². The maximum Gasteiger partial charge on any atom is 0.321 e. The number of hydrogen-bond acceptors (Lipinski definition) is 6. The van der Waals surface area contributed by atoms with Crippen LogP contribution in [0.1, 0.15) is 38.2 Å². The van der Waals surface area contributed by atoms with Gasteiger partial charge in [0, 0.05) is 18.4 Å². The van der Waals surface area contributed by atoms with Crippen LogP contribution >= 0.6 is 0 Å². The number of hydrogen-bond donors (Lipinski definition) is 1. The van der Waals surface area contributed by atoms with E-state index in [1.165, 1.54) is 0 Å². The second-order valence-corrected chi connectivity index (χ2v) is 4.63. The van der Waals surface area contributed by atoms with Crippen molar-refractivity contribution in [2.75, 3.05) is 18.5 Å². The molecule has 0 bridgehead atoms. The number of ether oxygens (including phenoxy) is 1. The standard InChI is InChI=1S/C15H21N5O/c1-3-8-17-14-18-13(11-12-7-5-6-9-16-12)19-15(20-14)21-10-4-2/h5-7,9H,3-4,8,10-11H2,1-2H3,(H,17,18,19,20). The lowest BCUT2D eigenvalue weighted by Crippen LogP contribution is -2.11. The van der Waals surface area contributed by atoms with Crippen LogP contribution in [-0.2, 0) is 6.42 Å². The van der Waals surface area contributed by atoms with E-state index in [0.717, 1.165) is 25.1 Å². The molecule has 0 atom stereocenters. The van der Waals surface area contributed by atoms with Gasteiger partial charge < -0.3 is 10.1 Å². The van der Waals surface area contributed by atoms with Crippen molar-refractivity contribution in [3.05, 3.63) is 35.9 Å². The maximum absolute atomic E-state index is 5.53. The SMILES string of the molecule is CCCNc1nc(Cc2ccccn2)nc(OCCC)n1. The van der Waals surface area contributed by atoms with Crippen LogP contribution in [0.25, 0.3) is 0 Å². The zero-order valence-electron chi connectivity index (χ0n) is 12.5. The molecule has 0 aliphatic heterocycles. The molecule has 0 unspecified atom stereocenters. The fourth-order valence-corrected chi connectivity index (χ4v) is 1.72. The van der Waals surface area contributed by atoms with Crippen molar-refractivity contribution in [2.24, 2.45) is 0 Å². The van der Waals surface area contributed by atoms with Crippen LogP contribution in [0.15, 0.2) is 24.4 Å². The van der Waals surface area contributed by atoms with Crippen LogP contribution in [0.2, 0.25) is 0 Å². The largest absolute Gasteiger partial charge is 0.463 e. The highest BCUT2D eigenvalue weighted by atomic mass is 16.5. The molecule has 2 aromatic rings. The molecule has 112 valence electrons. The third-order valence-electron chi connectivity index (χ3n) is 2.69. The molecule has 0 fully saturated rings. The van der Waals surface area contributed by atoms with Crippen molar-refractivity contribution in [1.82, 2.24) is 19.9 Å². The zero-order chi connectivity index (χ0) is 14.9. The summed E-state index contributed by atoms with van der Waals surface area (Å²) < 4.78 is 5.53. The number of aromatic nitrogens is 4. The minimum atomic E-state index is 0.372. The van der Waals surface area contributed by atoms with E-state index in [-0.39, 0.29) is 0 Å². The summed E-state index contributed by atoms with van der Waals surface area (Å²) in [7, 11) is 0.